The molecule has 1 fully saturated rings. The lowest BCUT2D eigenvalue weighted by Gasteiger charge is -2.31. The maximum absolute atomic E-state index is 11.9. The van der Waals surface area contributed by atoms with Crippen molar-refractivity contribution in [2.45, 2.75) is 0 Å². The van der Waals surface area contributed by atoms with Crippen molar-refractivity contribution in [1.82, 2.24) is 5.32 Å². The Labute approximate surface area is 135 Å². The van der Waals surface area contributed by atoms with Gasteiger partial charge in [-0.15, -0.1) is 0 Å². The number of methoxy groups -OCH3 is 2. The van der Waals surface area contributed by atoms with E-state index in [1.807, 2.05) is 24.3 Å². The number of nitrogens with one attached hydrogen (secondary N) is 2. The molecule has 124 valence electrons. The molecule has 0 bridgehead atoms. The van der Waals surface area contributed by atoms with Crippen LogP contribution >= 0.6 is 0 Å². The van der Waals surface area contributed by atoms with Crippen molar-refractivity contribution in [3.8, 4) is 0 Å². The molecule has 1 aliphatic rings. The highest BCUT2D eigenvalue weighted by atomic mass is 16.5. The first kappa shape index (κ1) is 16.8. The van der Waals surface area contributed by atoms with Crippen LogP contribution in [0, 0.1) is 0 Å². The summed E-state index contributed by atoms with van der Waals surface area (Å²) in [6.07, 6.45) is 1.08. The van der Waals surface area contributed by atoms with Crippen LogP contribution in [0.5, 0.6) is 0 Å². The van der Waals surface area contributed by atoms with Gasteiger partial charge in [-0.25, -0.2) is 9.59 Å². The number of carbonyl (C=O) groups excluding carboxylic acids is 2. The average Bonchev–Trinajstić information content (AvgIpc) is 2.61. The third-order valence-corrected chi connectivity index (χ3v) is 3.50. The summed E-state index contributed by atoms with van der Waals surface area (Å²) in [5.41, 5.74) is 1.73. The lowest BCUT2D eigenvalue weighted by atomic mass is 10.2. The molecule has 0 aliphatic carbocycles. The number of para-hydroxylation sites is 2. The minimum Gasteiger partial charge on any atom is -0.466 e. The number of carbonyl (C=O) groups is 2. The summed E-state index contributed by atoms with van der Waals surface area (Å²) in [6, 6.07) is 7.62. The number of esters is 2. The number of ether oxygens (including phenoxy) is 2. The monoisotopic (exact) mass is 319 g/mol. The maximum Gasteiger partial charge on any atom is 0.354 e. The minimum atomic E-state index is -0.634. The van der Waals surface area contributed by atoms with Gasteiger partial charge in [-0.2, -0.15) is 0 Å². The van der Waals surface area contributed by atoms with Gasteiger partial charge in [-0.05, 0) is 12.1 Å². The topological polar surface area (TPSA) is 79.9 Å². The summed E-state index contributed by atoms with van der Waals surface area (Å²) in [5, 5.41) is 6.28. The third-order valence-electron chi connectivity index (χ3n) is 3.50. The van der Waals surface area contributed by atoms with Gasteiger partial charge in [0.05, 0.1) is 31.7 Å². The van der Waals surface area contributed by atoms with Crippen molar-refractivity contribution >= 4 is 23.3 Å². The van der Waals surface area contributed by atoms with Crippen molar-refractivity contribution in [3.63, 3.8) is 0 Å². The minimum absolute atomic E-state index is 0.0296. The molecule has 7 nitrogen and oxygen atoms in total. The van der Waals surface area contributed by atoms with E-state index in [-0.39, 0.29) is 5.70 Å². The van der Waals surface area contributed by atoms with Crippen LogP contribution < -0.4 is 15.5 Å². The first-order valence-corrected chi connectivity index (χ1v) is 7.35. The Balaban J connectivity index is 2.27. The van der Waals surface area contributed by atoms with E-state index in [0.717, 1.165) is 43.6 Å². The molecule has 1 aromatic carbocycles. The second-order valence-corrected chi connectivity index (χ2v) is 4.95. The predicted molar refractivity (Wildman–Crippen MR) is 87.3 cm³/mol. The van der Waals surface area contributed by atoms with Gasteiger partial charge in [0, 0.05) is 26.2 Å². The van der Waals surface area contributed by atoms with Gasteiger partial charge in [0.1, 0.15) is 5.70 Å². The zero-order valence-corrected chi connectivity index (χ0v) is 13.3. The molecule has 0 spiro atoms. The number of hydrogen-bond donors (Lipinski definition) is 2. The number of benzene rings is 1. The first-order chi connectivity index (χ1) is 11.2. The van der Waals surface area contributed by atoms with Gasteiger partial charge in [0.2, 0.25) is 0 Å². The molecule has 1 heterocycles. The van der Waals surface area contributed by atoms with E-state index < -0.39 is 11.9 Å². The highest BCUT2D eigenvalue weighted by Gasteiger charge is 2.17. The standard InChI is InChI=1S/C16H21N3O4/c1-22-15(20)11-13(16(21)23-2)18-12-5-3-4-6-14(12)19-9-7-17-8-10-19/h3-6,11,17-18H,7-10H2,1-2H3/b13-11+. The van der Waals surface area contributed by atoms with Crippen LogP contribution in [0.2, 0.25) is 0 Å². The van der Waals surface area contributed by atoms with E-state index in [9.17, 15) is 9.59 Å². The molecule has 23 heavy (non-hydrogen) atoms. The smallest absolute Gasteiger partial charge is 0.354 e. The van der Waals surface area contributed by atoms with E-state index >= 15 is 0 Å². The first-order valence-electron chi connectivity index (χ1n) is 7.35. The van der Waals surface area contributed by atoms with Crippen molar-refractivity contribution in [2.75, 3.05) is 50.6 Å². The Morgan fingerprint density at radius 3 is 2.52 bits per heavy atom. The highest BCUT2D eigenvalue weighted by molar-refractivity contribution is 5.99. The summed E-state index contributed by atoms with van der Waals surface area (Å²) >= 11 is 0. The van der Waals surface area contributed by atoms with Crippen molar-refractivity contribution < 1.29 is 19.1 Å². The Morgan fingerprint density at radius 1 is 1.17 bits per heavy atom. The molecule has 7 heteroatoms. The average molecular weight is 319 g/mol. The number of piperazine rings is 1. The Morgan fingerprint density at radius 2 is 1.87 bits per heavy atom. The molecule has 0 saturated carbocycles. The fourth-order valence-corrected chi connectivity index (χ4v) is 2.34. The number of hydrogen-bond acceptors (Lipinski definition) is 7. The number of rotatable bonds is 5. The molecular formula is C16H21N3O4. The lowest BCUT2D eigenvalue weighted by molar-refractivity contribution is -0.138. The Hall–Kier alpha value is -2.54. The van der Waals surface area contributed by atoms with E-state index in [1.165, 1.54) is 14.2 Å². The number of anilines is 2. The van der Waals surface area contributed by atoms with Gasteiger partial charge in [-0.1, -0.05) is 12.1 Å². The molecule has 0 radical (unpaired) electrons. The van der Waals surface area contributed by atoms with Crippen LogP contribution in [0.25, 0.3) is 0 Å². The van der Waals surface area contributed by atoms with Gasteiger partial charge in [-0.3, -0.25) is 0 Å². The van der Waals surface area contributed by atoms with Gasteiger partial charge in [0.15, 0.2) is 0 Å². The molecule has 1 saturated heterocycles. The fraction of sp³-hybridized carbons (Fsp3) is 0.375. The number of nitrogens with zero attached hydrogens (tertiary/aromatic N) is 1. The molecule has 0 atom stereocenters. The molecule has 0 aromatic heterocycles. The van der Waals surface area contributed by atoms with E-state index in [0.29, 0.717) is 0 Å². The zero-order valence-electron chi connectivity index (χ0n) is 13.3. The highest BCUT2D eigenvalue weighted by Crippen LogP contribution is 2.27. The molecule has 2 N–H and O–H groups in total. The molecule has 0 unspecified atom stereocenters. The summed E-state index contributed by atoms with van der Waals surface area (Å²) < 4.78 is 9.29. The SMILES string of the molecule is COC(=O)/C=C(/Nc1ccccc1N1CCNCC1)C(=O)OC. The van der Waals surface area contributed by atoms with Crippen LogP contribution in [0.3, 0.4) is 0 Å². The molecule has 2 rings (SSSR count). The second kappa shape index (κ2) is 8.19. The summed E-state index contributed by atoms with van der Waals surface area (Å²) in [4.78, 5) is 25.5. The summed E-state index contributed by atoms with van der Waals surface area (Å²) in [6.45, 7) is 3.53. The van der Waals surface area contributed by atoms with Crippen LogP contribution in [0.4, 0.5) is 11.4 Å². The predicted octanol–water partition coefficient (Wildman–Crippen LogP) is 0.738. The molecular weight excluding hydrogens is 298 g/mol. The third kappa shape index (κ3) is 4.46. The Kier molecular flexibility index (Phi) is 5.99. The van der Waals surface area contributed by atoms with E-state index in [4.69, 9.17) is 4.74 Å². The zero-order chi connectivity index (χ0) is 16.7. The Bertz CT molecular complexity index is 595. The van der Waals surface area contributed by atoms with Crippen LogP contribution in [0.1, 0.15) is 0 Å². The van der Waals surface area contributed by atoms with Gasteiger partial charge >= 0.3 is 11.9 Å². The van der Waals surface area contributed by atoms with Crippen molar-refractivity contribution in [2.24, 2.45) is 0 Å². The van der Waals surface area contributed by atoms with Crippen molar-refractivity contribution in [3.05, 3.63) is 36.0 Å². The van der Waals surface area contributed by atoms with Crippen molar-refractivity contribution in [1.29, 1.82) is 0 Å². The van der Waals surface area contributed by atoms with Gasteiger partial charge in [0.25, 0.3) is 0 Å². The normalized spacial score (nSPS) is 15.0. The van der Waals surface area contributed by atoms with Crippen LogP contribution in [0.15, 0.2) is 36.0 Å². The largest absolute Gasteiger partial charge is 0.466 e. The maximum atomic E-state index is 11.9. The quantitative estimate of drug-likeness (QED) is 0.612. The summed E-state index contributed by atoms with van der Waals surface area (Å²) in [7, 11) is 2.51. The molecule has 1 aromatic rings. The van der Waals surface area contributed by atoms with Gasteiger partial charge < -0.3 is 25.0 Å². The molecule has 0 amide bonds. The van der Waals surface area contributed by atoms with Crippen LogP contribution in [-0.4, -0.2) is 52.3 Å². The van der Waals surface area contributed by atoms with E-state index in [1.54, 1.807) is 0 Å². The fourth-order valence-electron chi connectivity index (χ4n) is 2.34. The lowest BCUT2D eigenvalue weighted by Crippen LogP contribution is -2.43. The summed E-state index contributed by atoms with van der Waals surface area (Å²) in [5.74, 6) is -1.26. The molecule has 1 aliphatic heterocycles. The second-order valence-electron chi connectivity index (χ2n) is 4.95. The van der Waals surface area contributed by atoms with E-state index in [2.05, 4.69) is 20.3 Å². The van der Waals surface area contributed by atoms with Crippen LogP contribution in [-0.2, 0) is 19.1 Å².